The molecule has 0 radical (unpaired) electrons. The van der Waals surface area contributed by atoms with Crippen LogP contribution in [0.2, 0.25) is 0 Å². The van der Waals surface area contributed by atoms with E-state index in [1.54, 1.807) is 0 Å². The van der Waals surface area contributed by atoms with E-state index in [1.165, 1.54) is 11.1 Å². The molecule has 1 heteroatoms. The van der Waals surface area contributed by atoms with Gasteiger partial charge in [-0.3, -0.25) is 4.79 Å². The smallest absolute Gasteiger partial charge is 0.159 e. The van der Waals surface area contributed by atoms with Crippen molar-refractivity contribution in [3.63, 3.8) is 0 Å². The summed E-state index contributed by atoms with van der Waals surface area (Å²) in [6.07, 6.45) is 4.45. The summed E-state index contributed by atoms with van der Waals surface area (Å²) in [6.45, 7) is 2.06. The molecule has 0 amide bonds. The highest BCUT2D eigenvalue weighted by atomic mass is 16.1. The van der Waals surface area contributed by atoms with E-state index in [1.807, 2.05) is 12.1 Å². The van der Waals surface area contributed by atoms with Crippen LogP contribution in [0, 0.1) is 0 Å². The average molecular weight is 276 g/mol. The normalized spacial score (nSPS) is 17.4. The topological polar surface area (TPSA) is 17.1 Å². The minimum absolute atomic E-state index is 0.210. The zero-order chi connectivity index (χ0) is 14.7. The summed E-state index contributed by atoms with van der Waals surface area (Å²) in [5, 5.41) is 0. The van der Waals surface area contributed by atoms with Crippen LogP contribution in [0.1, 0.15) is 37.3 Å². The minimum atomic E-state index is -0.210. The second-order valence-corrected chi connectivity index (χ2v) is 5.70. The molecule has 0 fully saturated rings. The zero-order valence-electron chi connectivity index (χ0n) is 12.4. The molecule has 21 heavy (non-hydrogen) atoms. The Morgan fingerprint density at radius 3 is 1.86 bits per heavy atom. The third-order valence-corrected chi connectivity index (χ3v) is 4.55. The van der Waals surface area contributed by atoms with Crippen LogP contribution in [0.15, 0.2) is 72.3 Å². The molecule has 0 saturated heterocycles. The maximum absolute atomic E-state index is 12.5. The number of hydrogen-bond acceptors (Lipinski definition) is 1. The molecule has 1 aliphatic carbocycles. The van der Waals surface area contributed by atoms with Crippen LogP contribution in [-0.2, 0) is 10.2 Å². The van der Waals surface area contributed by atoms with Crippen molar-refractivity contribution in [1.82, 2.24) is 0 Å². The fourth-order valence-electron chi connectivity index (χ4n) is 3.33. The Balaban J connectivity index is 2.14. The Kier molecular flexibility index (Phi) is 3.74. The molecule has 0 saturated carbocycles. The lowest BCUT2D eigenvalue weighted by atomic mass is 9.65. The minimum Gasteiger partial charge on any atom is -0.295 e. The quantitative estimate of drug-likeness (QED) is 0.796. The van der Waals surface area contributed by atoms with Gasteiger partial charge in [-0.05, 0) is 29.5 Å². The highest BCUT2D eigenvalue weighted by Crippen LogP contribution is 2.43. The predicted molar refractivity (Wildman–Crippen MR) is 86.3 cm³/mol. The lowest BCUT2D eigenvalue weighted by Gasteiger charge is -2.37. The molecule has 0 heterocycles. The molecule has 0 atom stereocenters. The van der Waals surface area contributed by atoms with Crippen molar-refractivity contribution in [2.45, 2.75) is 31.6 Å². The van der Waals surface area contributed by atoms with Gasteiger partial charge in [0.05, 0.1) is 0 Å². The van der Waals surface area contributed by atoms with Crippen LogP contribution in [0.4, 0.5) is 0 Å². The summed E-state index contributed by atoms with van der Waals surface area (Å²) in [7, 11) is 0. The maximum atomic E-state index is 12.5. The standard InChI is InChI=1S/C20H20O/c1-2-16-13-14-20(15-19(16)21,17-9-5-3-6-10-17)18-11-7-4-8-12-18/h3-13H,2,14-15H2,1H3. The van der Waals surface area contributed by atoms with Crippen LogP contribution in [0.25, 0.3) is 0 Å². The van der Waals surface area contributed by atoms with Gasteiger partial charge in [0.1, 0.15) is 0 Å². The summed E-state index contributed by atoms with van der Waals surface area (Å²) in [6, 6.07) is 20.9. The second-order valence-electron chi connectivity index (χ2n) is 5.70. The molecule has 2 aromatic rings. The van der Waals surface area contributed by atoms with Crippen LogP contribution in [-0.4, -0.2) is 5.78 Å². The maximum Gasteiger partial charge on any atom is 0.159 e. The van der Waals surface area contributed by atoms with E-state index in [0.29, 0.717) is 6.42 Å². The molecular formula is C20H20O. The first kappa shape index (κ1) is 13.8. The van der Waals surface area contributed by atoms with E-state index in [2.05, 4.69) is 61.5 Å². The van der Waals surface area contributed by atoms with E-state index in [9.17, 15) is 4.79 Å². The van der Waals surface area contributed by atoms with Crippen molar-refractivity contribution in [2.75, 3.05) is 0 Å². The van der Waals surface area contributed by atoms with E-state index < -0.39 is 0 Å². The van der Waals surface area contributed by atoms with E-state index in [-0.39, 0.29) is 11.2 Å². The lowest BCUT2D eigenvalue weighted by Crippen LogP contribution is -2.34. The molecule has 0 bridgehead atoms. The number of benzene rings is 2. The second kappa shape index (κ2) is 5.69. The van der Waals surface area contributed by atoms with Crippen molar-refractivity contribution in [3.8, 4) is 0 Å². The summed E-state index contributed by atoms with van der Waals surface area (Å²) in [5.74, 6) is 0.288. The van der Waals surface area contributed by atoms with Gasteiger partial charge in [0.2, 0.25) is 0 Å². The molecule has 1 aliphatic rings. The van der Waals surface area contributed by atoms with E-state index in [4.69, 9.17) is 0 Å². The number of rotatable bonds is 3. The van der Waals surface area contributed by atoms with Crippen molar-refractivity contribution >= 4 is 5.78 Å². The van der Waals surface area contributed by atoms with Crippen molar-refractivity contribution < 1.29 is 4.79 Å². The number of Topliss-reactive ketones (excluding diaryl/α,β-unsaturated/α-hetero) is 1. The van der Waals surface area contributed by atoms with Gasteiger partial charge >= 0.3 is 0 Å². The van der Waals surface area contributed by atoms with Crippen LogP contribution >= 0.6 is 0 Å². The summed E-state index contributed by atoms with van der Waals surface area (Å²) >= 11 is 0. The van der Waals surface area contributed by atoms with Gasteiger partial charge < -0.3 is 0 Å². The first-order valence-corrected chi connectivity index (χ1v) is 7.59. The Morgan fingerprint density at radius 2 is 1.43 bits per heavy atom. The molecule has 2 aromatic carbocycles. The van der Waals surface area contributed by atoms with E-state index in [0.717, 1.165) is 18.4 Å². The fraction of sp³-hybridized carbons (Fsp3) is 0.250. The summed E-state index contributed by atoms with van der Waals surface area (Å²) in [5.41, 5.74) is 3.24. The van der Waals surface area contributed by atoms with Gasteiger partial charge in [-0.15, -0.1) is 0 Å². The van der Waals surface area contributed by atoms with Crippen LogP contribution in [0.5, 0.6) is 0 Å². The Hall–Kier alpha value is -2.15. The Labute approximate surface area is 126 Å². The summed E-state index contributed by atoms with van der Waals surface area (Å²) in [4.78, 5) is 12.5. The van der Waals surface area contributed by atoms with Crippen molar-refractivity contribution in [2.24, 2.45) is 0 Å². The molecule has 0 aliphatic heterocycles. The highest BCUT2D eigenvalue weighted by molar-refractivity contribution is 5.97. The largest absolute Gasteiger partial charge is 0.295 e. The van der Waals surface area contributed by atoms with Gasteiger partial charge in [0, 0.05) is 11.8 Å². The number of carbonyl (C=O) groups is 1. The highest BCUT2D eigenvalue weighted by Gasteiger charge is 2.38. The van der Waals surface area contributed by atoms with Crippen molar-refractivity contribution in [3.05, 3.63) is 83.4 Å². The number of allylic oxidation sites excluding steroid dienone is 2. The van der Waals surface area contributed by atoms with Gasteiger partial charge in [0.25, 0.3) is 0 Å². The Bertz CT molecular complexity index is 613. The summed E-state index contributed by atoms with van der Waals surface area (Å²) < 4.78 is 0. The molecule has 0 unspecified atom stereocenters. The molecule has 106 valence electrons. The Morgan fingerprint density at radius 1 is 0.905 bits per heavy atom. The van der Waals surface area contributed by atoms with E-state index >= 15 is 0 Å². The monoisotopic (exact) mass is 276 g/mol. The fourth-order valence-corrected chi connectivity index (χ4v) is 3.33. The van der Waals surface area contributed by atoms with Gasteiger partial charge in [0.15, 0.2) is 5.78 Å². The third-order valence-electron chi connectivity index (χ3n) is 4.55. The number of hydrogen-bond donors (Lipinski definition) is 0. The number of carbonyl (C=O) groups excluding carboxylic acids is 1. The first-order chi connectivity index (χ1) is 10.3. The number of ketones is 1. The molecule has 1 nitrogen and oxygen atoms in total. The molecular weight excluding hydrogens is 256 g/mol. The van der Waals surface area contributed by atoms with Gasteiger partial charge in [-0.2, -0.15) is 0 Å². The van der Waals surface area contributed by atoms with Crippen LogP contribution in [0.3, 0.4) is 0 Å². The molecule has 0 spiro atoms. The zero-order valence-corrected chi connectivity index (χ0v) is 12.4. The van der Waals surface area contributed by atoms with Gasteiger partial charge in [-0.25, -0.2) is 0 Å². The molecule has 3 rings (SSSR count). The predicted octanol–water partition coefficient (Wildman–Crippen LogP) is 4.67. The lowest BCUT2D eigenvalue weighted by molar-refractivity contribution is -0.117. The first-order valence-electron chi connectivity index (χ1n) is 7.59. The van der Waals surface area contributed by atoms with Gasteiger partial charge in [-0.1, -0.05) is 73.7 Å². The third kappa shape index (κ3) is 2.44. The van der Waals surface area contributed by atoms with Crippen LogP contribution < -0.4 is 0 Å². The SMILES string of the molecule is CCC1=CCC(c2ccccc2)(c2ccccc2)CC1=O. The molecule has 0 N–H and O–H groups in total. The molecule has 0 aromatic heterocycles. The average Bonchev–Trinajstić information content (AvgIpc) is 2.56. The van der Waals surface area contributed by atoms with Crippen molar-refractivity contribution in [1.29, 1.82) is 0 Å².